The van der Waals surface area contributed by atoms with Crippen LogP contribution in [0.15, 0.2) is 36.4 Å². The number of nitrogens with zero attached hydrogens (tertiary/aromatic N) is 1. The topological polar surface area (TPSA) is 69.3 Å². The minimum absolute atomic E-state index is 0.106. The van der Waals surface area contributed by atoms with Gasteiger partial charge in [-0.3, -0.25) is 9.69 Å². The summed E-state index contributed by atoms with van der Waals surface area (Å²) in [5.41, 5.74) is 1.70. The van der Waals surface area contributed by atoms with Crippen molar-refractivity contribution in [2.75, 3.05) is 33.4 Å². The zero-order valence-corrected chi connectivity index (χ0v) is 15.9. The molecule has 2 aromatic carbocycles. The van der Waals surface area contributed by atoms with Gasteiger partial charge in [0.25, 0.3) is 0 Å². The maximum atomic E-state index is 12.6. The highest BCUT2D eigenvalue weighted by Crippen LogP contribution is 2.33. The van der Waals surface area contributed by atoms with Gasteiger partial charge in [-0.2, -0.15) is 0 Å². The molecule has 1 N–H and O–H groups in total. The second-order valence-corrected chi connectivity index (χ2v) is 6.34. The highest BCUT2D eigenvalue weighted by molar-refractivity contribution is 5.94. The molecule has 7 heteroatoms. The van der Waals surface area contributed by atoms with E-state index in [1.165, 1.54) is 0 Å². The lowest BCUT2D eigenvalue weighted by atomic mass is 10.1. The van der Waals surface area contributed by atoms with E-state index in [0.29, 0.717) is 23.7 Å². The SMILES string of the molecule is COc1ccc(NC(=O)[C@H](C)N(C)Cc2ccc3c(c2)OCO3)cc1OC. The van der Waals surface area contributed by atoms with Gasteiger partial charge in [0.05, 0.1) is 20.3 Å². The van der Waals surface area contributed by atoms with Gasteiger partial charge in [-0.05, 0) is 43.8 Å². The summed E-state index contributed by atoms with van der Waals surface area (Å²) in [4.78, 5) is 14.6. The smallest absolute Gasteiger partial charge is 0.241 e. The van der Waals surface area contributed by atoms with E-state index in [1.54, 1.807) is 32.4 Å². The van der Waals surface area contributed by atoms with Gasteiger partial charge in [0.1, 0.15) is 0 Å². The first-order valence-corrected chi connectivity index (χ1v) is 8.63. The number of rotatable bonds is 7. The first-order valence-electron chi connectivity index (χ1n) is 8.63. The van der Waals surface area contributed by atoms with Crippen molar-refractivity contribution in [2.24, 2.45) is 0 Å². The molecule has 1 aliphatic rings. The van der Waals surface area contributed by atoms with Crippen LogP contribution in [0.2, 0.25) is 0 Å². The van der Waals surface area contributed by atoms with Crippen molar-refractivity contribution in [3.05, 3.63) is 42.0 Å². The van der Waals surface area contributed by atoms with E-state index in [9.17, 15) is 4.79 Å². The normalized spacial score (nSPS) is 13.4. The summed E-state index contributed by atoms with van der Waals surface area (Å²) in [7, 11) is 5.04. The first-order chi connectivity index (χ1) is 13.0. The fraction of sp³-hybridized carbons (Fsp3) is 0.350. The van der Waals surface area contributed by atoms with Gasteiger partial charge in [-0.1, -0.05) is 6.07 Å². The molecule has 27 heavy (non-hydrogen) atoms. The lowest BCUT2D eigenvalue weighted by Gasteiger charge is -2.24. The van der Waals surface area contributed by atoms with E-state index in [2.05, 4.69) is 5.32 Å². The summed E-state index contributed by atoms with van der Waals surface area (Å²) in [6.45, 7) is 2.72. The molecule has 0 bridgehead atoms. The van der Waals surface area contributed by atoms with Crippen LogP contribution in [0.5, 0.6) is 23.0 Å². The Hall–Kier alpha value is -2.93. The quantitative estimate of drug-likeness (QED) is 0.806. The Kier molecular flexibility index (Phi) is 5.71. The van der Waals surface area contributed by atoms with Crippen LogP contribution >= 0.6 is 0 Å². The summed E-state index contributed by atoms with van der Waals surface area (Å²) in [5.74, 6) is 2.56. The third kappa shape index (κ3) is 4.25. The second-order valence-electron chi connectivity index (χ2n) is 6.34. The van der Waals surface area contributed by atoms with Crippen LogP contribution in [-0.2, 0) is 11.3 Å². The molecule has 1 atom stereocenters. The van der Waals surface area contributed by atoms with Crippen LogP contribution in [-0.4, -0.2) is 44.9 Å². The third-order valence-electron chi connectivity index (χ3n) is 4.56. The zero-order chi connectivity index (χ0) is 19.4. The second kappa shape index (κ2) is 8.18. The van der Waals surface area contributed by atoms with Crippen molar-refractivity contribution in [1.29, 1.82) is 0 Å². The molecule has 0 fully saturated rings. The van der Waals surface area contributed by atoms with E-state index >= 15 is 0 Å². The number of likely N-dealkylation sites (N-methyl/N-ethyl adjacent to an activating group) is 1. The molecule has 3 rings (SSSR count). The standard InChI is InChI=1S/C20H24N2O5/c1-13(20(23)21-15-6-8-16(24-3)18(10-15)25-4)22(2)11-14-5-7-17-19(9-14)27-12-26-17/h5-10,13H,11-12H2,1-4H3,(H,21,23)/t13-/m0/s1. The number of methoxy groups -OCH3 is 2. The number of fused-ring (bicyclic) bond motifs is 1. The highest BCUT2D eigenvalue weighted by Gasteiger charge is 2.20. The Morgan fingerprint density at radius 3 is 2.59 bits per heavy atom. The maximum absolute atomic E-state index is 12.6. The van der Waals surface area contributed by atoms with Crippen LogP contribution in [0.4, 0.5) is 5.69 Å². The number of benzene rings is 2. The number of carbonyl (C=O) groups excluding carboxylic acids is 1. The van der Waals surface area contributed by atoms with Crippen LogP contribution in [0.3, 0.4) is 0 Å². The summed E-state index contributed by atoms with van der Waals surface area (Å²) in [6, 6.07) is 10.8. The molecule has 0 aliphatic carbocycles. The molecule has 0 radical (unpaired) electrons. The average Bonchev–Trinajstić information content (AvgIpc) is 3.14. The molecule has 0 saturated carbocycles. The molecule has 2 aromatic rings. The van der Waals surface area contributed by atoms with Crippen LogP contribution in [0, 0.1) is 0 Å². The number of amides is 1. The Bertz CT molecular complexity index is 824. The van der Waals surface area contributed by atoms with E-state index in [0.717, 1.165) is 17.1 Å². The summed E-state index contributed by atoms with van der Waals surface area (Å²) in [6.07, 6.45) is 0. The van der Waals surface area contributed by atoms with E-state index < -0.39 is 0 Å². The predicted octanol–water partition coefficient (Wildman–Crippen LogP) is 2.89. The maximum Gasteiger partial charge on any atom is 0.241 e. The molecule has 1 heterocycles. The fourth-order valence-corrected chi connectivity index (χ4v) is 2.83. The van der Waals surface area contributed by atoms with Crippen molar-refractivity contribution in [3.8, 4) is 23.0 Å². The van der Waals surface area contributed by atoms with Gasteiger partial charge in [0, 0.05) is 18.3 Å². The monoisotopic (exact) mass is 372 g/mol. The number of hydrogen-bond donors (Lipinski definition) is 1. The molecular weight excluding hydrogens is 348 g/mol. The van der Waals surface area contributed by atoms with Gasteiger partial charge < -0.3 is 24.3 Å². The Morgan fingerprint density at radius 2 is 1.85 bits per heavy atom. The molecular formula is C20H24N2O5. The summed E-state index contributed by atoms with van der Waals surface area (Å²) >= 11 is 0. The average molecular weight is 372 g/mol. The summed E-state index contributed by atoms with van der Waals surface area (Å²) < 4.78 is 21.2. The highest BCUT2D eigenvalue weighted by atomic mass is 16.7. The number of anilines is 1. The fourth-order valence-electron chi connectivity index (χ4n) is 2.83. The Balaban J connectivity index is 1.62. The zero-order valence-electron chi connectivity index (χ0n) is 15.9. The Morgan fingerprint density at radius 1 is 1.11 bits per heavy atom. The van der Waals surface area contributed by atoms with E-state index in [-0.39, 0.29) is 18.7 Å². The summed E-state index contributed by atoms with van der Waals surface area (Å²) in [5, 5.41) is 2.92. The molecule has 0 unspecified atom stereocenters. The first kappa shape index (κ1) is 18.8. The van der Waals surface area contributed by atoms with Gasteiger partial charge >= 0.3 is 0 Å². The number of carbonyl (C=O) groups is 1. The lowest BCUT2D eigenvalue weighted by Crippen LogP contribution is -2.39. The van der Waals surface area contributed by atoms with Crippen LogP contribution < -0.4 is 24.3 Å². The minimum atomic E-state index is -0.330. The van der Waals surface area contributed by atoms with Gasteiger partial charge in [-0.25, -0.2) is 0 Å². The van der Waals surface area contributed by atoms with Crippen LogP contribution in [0.25, 0.3) is 0 Å². The van der Waals surface area contributed by atoms with Crippen LogP contribution in [0.1, 0.15) is 12.5 Å². The molecule has 144 valence electrons. The Labute approximate surface area is 158 Å². The molecule has 0 aromatic heterocycles. The molecule has 1 amide bonds. The molecule has 0 spiro atoms. The minimum Gasteiger partial charge on any atom is -0.493 e. The molecule has 7 nitrogen and oxygen atoms in total. The number of hydrogen-bond acceptors (Lipinski definition) is 6. The molecule has 1 aliphatic heterocycles. The molecule has 0 saturated heterocycles. The number of ether oxygens (including phenoxy) is 4. The van der Waals surface area contributed by atoms with E-state index in [1.807, 2.05) is 37.1 Å². The van der Waals surface area contributed by atoms with Crippen molar-refractivity contribution in [3.63, 3.8) is 0 Å². The van der Waals surface area contributed by atoms with Crippen molar-refractivity contribution >= 4 is 11.6 Å². The number of nitrogens with one attached hydrogen (secondary N) is 1. The van der Waals surface area contributed by atoms with Crippen molar-refractivity contribution in [1.82, 2.24) is 4.90 Å². The predicted molar refractivity (Wildman–Crippen MR) is 102 cm³/mol. The van der Waals surface area contributed by atoms with Crippen molar-refractivity contribution < 1.29 is 23.7 Å². The van der Waals surface area contributed by atoms with Gasteiger partial charge in [-0.15, -0.1) is 0 Å². The lowest BCUT2D eigenvalue weighted by molar-refractivity contribution is -0.120. The van der Waals surface area contributed by atoms with Crippen molar-refractivity contribution in [2.45, 2.75) is 19.5 Å². The third-order valence-corrected chi connectivity index (χ3v) is 4.56. The van der Waals surface area contributed by atoms with Gasteiger partial charge in [0.15, 0.2) is 23.0 Å². The van der Waals surface area contributed by atoms with E-state index in [4.69, 9.17) is 18.9 Å². The largest absolute Gasteiger partial charge is 0.493 e. The van der Waals surface area contributed by atoms with Gasteiger partial charge in [0.2, 0.25) is 12.7 Å².